The third-order valence-electron chi connectivity index (χ3n) is 3.69. The van der Waals surface area contributed by atoms with Crippen molar-refractivity contribution in [1.29, 1.82) is 0 Å². The van der Waals surface area contributed by atoms with E-state index >= 15 is 0 Å². The highest BCUT2D eigenvalue weighted by molar-refractivity contribution is 14.1. The Morgan fingerprint density at radius 3 is 2.30 bits per heavy atom. The van der Waals surface area contributed by atoms with E-state index in [1.165, 1.54) is 20.3 Å². The minimum absolute atomic E-state index is 0.381. The summed E-state index contributed by atoms with van der Waals surface area (Å²) in [5.41, 5.74) is 4.16. The fourth-order valence-corrected chi connectivity index (χ4v) is 2.86. The van der Waals surface area contributed by atoms with Crippen molar-refractivity contribution in [3.05, 3.63) is 68.8 Å². The first-order valence-electron chi connectivity index (χ1n) is 7.12. The van der Waals surface area contributed by atoms with E-state index in [4.69, 9.17) is 0 Å². The van der Waals surface area contributed by atoms with E-state index in [1.54, 1.807) is 0 Å². The molecule has 0 amide bonds. The van der Waals surface area contributed by atoms with E-state index < -0.39 is 0 Å². The molecule has 0 radical (unpaired) electrons. The molecule has 2 heteroatoms. The van der Waals surface area contributed by atoms with Gasteiger partial charge in [0.05, 0.1) is 0 Å². The zero-order chi connectivity index (χ0) is 14.5. The molecule has 0 heterocycles. The predicted octanol–water partition coefficient (Wildman–Crippen LogP) is 4.88. The molecule has 0 aliphatic rings. The lowest BCUT2D eigenvalue weighted by atomic mass is 10.0. The normalized spacial score (nSPS) is 14.0. The zero-order valence-electron chi connectivity index (χ0n) is 12.4. The Morgan fingerprint density at radius 2 is 1.65 bits per heavy atom. The van der Waals surface area contributed by atoms with Crippen LogP contribution in [-0.4, -0.2) is 6.04 Å². The van der Waals surface area contributed by atoms with Crippen LogP contribution in [0.5, 0.6) is 0 Å². The molecule has 2 unspecified atom stereocenters. The Morgan fingerprint density at radius 1 is 1.00 bits per heavy atom. The number of rotatable bonds is 5. The Labute approximate surface area is 135 Å². The summed E-state index contributed by atoms with van der Waals surface area (Å²) in [5, 5.41) is 3.69. The Kier molecular flexibility index (Phi) is 5.61. The van der Waals surface area contributed by atoms with Crippen molar-refractivity contribution in [2.75, 3.05) is 0 Å². The first-order valence-corrected chi connectivity index (χ1v) is 8.20. The van der Waals surface area contributed by atoms with Crippen LogP contribution in [0.1, 0.15) is 36.6 Å². The molecule has 0 aliphatic carbocycles. The lowest BCUT2D eigenvalue weighted by Crippen LogP contribution is -2.30. The topological polar surface area (TPSA) is 12.0 Å². The van der Waals surface area contributed by atoms with E-state index in [9.17, 15) is 0 Å². The molecule has 1 nitrogen and oxygen atoms in total. The summed E-state index contributed by atoms with van der Waals surface area (Å²) in [4.78, 5) is 0. The molecule has 2 aromatic rings. The summed E-state index contributed by atoms with van der Waals surface area (Å²) in [6, 6.07) is 18.2. The summed E-state index contributed by atoms with van der Waals surface area (Å²) in [7, 11) is 0. The number of hydrogen-bond acceptors (Lipinski definition) is 1. The number of benzene rings is 2. The number of halogens is 1. The Balaban J connectivity index is 1.96. The van der Waals surface area contributed by atoms with Gasteiger partial charge < -0.3 is 5.32 Å². The van der Waals surface area contributed by atoms with Crippen molar-refractivity contribution >= 4 is 22.6 Å². The largest absolute Gasteiger partial charge is 0.307 e. The van der Waals surface area contributed by atoms with Crippen LogP contribution in [0.15, 0.2) is 48.5 Å². The van der Waals surface area contributed by atoms with Gasteiger partial charge in [-0.15, -0.1) is 0 Å². The van der Waals surface area contributed by atoms with Crippen molar-refractivity contribution in [2.45, 2.75) is 39.3 Å². The van der Waals surface area contributed by atoms with Crippen molar-refractivity contribution in [3.8, 4) is 0 Å². The molecule has 0 saturated carbocycles. The fraction of sp³-hybridized carbons (Fsp3) is 0.333. The highest BCUT2D eigenvalue weighted by Gasteiger charge is 2.10. The van der Waals surface area contributed by atoms with E-state index in [2.05, 4.69) is 97.2 Å². The van der Waals surface area contributed by atoms with Crippen LogP contribution in [-0.2, 0) is 6.42 Å². The molecule has 0 spiro atoms. The first kappa shape index (κ1) is 15.5. The summed E-state index contributed by atoms with van der Waals surface area (Å²) in [6.07, 6.45) is 1.07. The maximum absolute atomic E-state index is 3.69. The van der Waals surface area contributed by atoms with Crippen molar-refractivity contribution in [3.63, 3.8) is 0 Å². The second-order valence-corrected chi connectivity index (χ2v) is 6.72. The van der Waals surface area contributed by atoms with Gasteiger partial charge in [-0.1, -0.05) is 36.4 Å². The van der Waals surface area contributed by atoms with Crippen LogP contribution in [0.2, 0.25) is 0 Å². The number of hydrogen-bond donors (Lipinski definition) is 1. The Bertz CT molecular complexity index is 548. The third kappa shape index (κ3) is 4.32. The number of nitrogens with one attached hydrogen (secondary N) is 1. The smallest absolute Gasteiger partial charge is 0.0294 e. The third-order valence-corrected chi connectivity index (χ3v) is 4.41. The molecule has 2 rings (SSSR count). The molecule has 0 aliphatic heterocycles. The first-order chi connectivity index (χ1) is 9.56. The second-order valence-electron chi connectivity index (χ2n) is 5.47. The lowest BCUT2D eigenvalue weighted by molar-refractivity contribution is 0.476. The van der Waals surface area contributed by atoms with Gasteiger partial charge in [-0.2, -0.15) is 0 Å². The van der Waals surface area contributed by atoms with Crippen LogP contribution in [0, 0.1) is 10.5 Å². The van der Waals surface area contributed by atoms with Gasteiger partial charge in [-0.3, -0.25) is 0 Å². The van der Waals surface area contributed by atoms with Gasteiger partial charge in [0.1, 0.15) is 0 Å². The minimum atomic E-state index is 0.381. The van der Waals surface area contributed by atoms with Gasteiger partial charge in [0.25, 0.3) is 0 Å². The molecule has 2 aromatic carbocycles. The van der Waals surface area contributed by atoms with Gasteiger partial charge in [0.2, 0.25) is 0 Å². The SMILES string of the molecule is Cc1ccccc1CC(C)NC(C)c1ccc(I)cc1. The van der Waals surface area contributed by atoms with Crippen molar-refractivity contribution < 1.29 is 0 Å². The lowest BCUT2D eigenvalue weighted by Gasteiger charge is -2.21. The predicted molar refractivity (Wildman–Crippen MR) is 95.1 cm³/mol. The highest BCUT2D eigenvalue weighted by Crippen LogP contribution is 2.16. The van der Waals surface area contributed by atoms with Crippen LogP contribution in [0.4, 0.5) is 0 Å². The molecule has 0 aromatic heterocycles. The van der Waals surface area contributed by atoms with E-state index in [-0.39, 0.29) is 0 Å². The minimum Gasteiger partial charge on any atom is -0.307 e. The van der Waals surface area contributed by atoms with E-state index in [0.29, 0.717) is 12.1 Å². The molecule has 1 N–H and O–H groups in total. The maximum atomic E-state index is 3.69. The second kappa shape index (κ2) is 7.23. The van der Waals surface area contributed by atoms with Crippen molar-refractivity contribution in [1.82, 2.24) is 5.32 Å². The molecule has 2 atom stereocenters. The monoisotopic (exact) mass is 379 g/mol. The van der Waals surface area contributed by atoms with Gasteiger partial charge in [-0.25, -0.2) is 0 Å². The quantitative estimate of drug-likeness (QED) is 0.730. The van der Waals surface area contributed by atoms with E-state index in [0.717, 1.165) is 6.42 Å². The van der Waals surface area contributed by atoms with Crippen LogP contribution < -0.4 is 5.32 Å². The van der Waals surface area contributed by atoms with Crippen molar-refractivity contribution in [2.24, 2.45) is 0 Å². The Hall–Kier alpha value is -0.870. The average molecular weight is 379 g/mol. The molecular formula is C18H22IN. The standard InChI is InChI=1S/C18H22IN/c1-13-6-4-5-7-17(13)12-14(2)20-15(3)16-8-10-18(19)11-9-16/h4-11,14-15,20H,12H2,1-3H3. The molecule has 20 heavy (non-hydrogen) atoms. The molecule has 0 bridgehead atoms. The maximum Gasteiger partial charge on any atom is 0.0294 e. The summed E-state index contributed by atoms with van der Waals surface area (Å²) >= 11 is 2.34. The molecular weight excluding hydrogens is 357 g/mol. The van der Waals surface area contributed by atoms with Crippen LogP contribution in [0.25, 0.3) is 0 Å². The fourth-order valence-electron chi connectivity index (χ4n) is 2.50. The average Bonchev–Trinajstić information content (AvgIpc) is 2.42. The number of aryl methyl sites for hydroxylation is 1. The van der Waals surface area contributed by atoms with Gasteiger partial charge in [0.15, 0.2) is 0 Å². The van der Waals surface area contributed by atoms with Gasteiger partial charge in [0, 0.05) is 15.7 Å². The molecule has 0 saturated heterocycles. The summed E-state index contributed by atoms with van der Waals surface area (Å²) in [5.74, 6) is 0. The van der Waals surface area contributed by atoms with Gasteiger partial charge >= 0.3 is 0 Å². The summed E-state index contributed by atoms with van der Waals surface area (Å²) in [6.45, 7) is 6.68. The summed E-state index contributed by atoms with van der Waals surface area (Å²) < 4.78 is 1.28. The van der Waals surface area contributed by atoms with Crippen LogP contribution >= 0.6 is 22.6 Å². The van der Waals surface area contributed by atoms with Gasteiger partial charge in [-0.05, 0) is 78.6 Å². The van der Waals surface area contributed by atoms with E-state index in [1.807, 2.05) is 0 Å². The molecule has 0 fully saturated rings. The molecule has 106 valence electrons. The zero-order valence-corrected chi connectivity index (χ0v) is 14.5. The highest BCUT2D eigenvalue weighted by atomic mass is 127. The van der Waals surface area contributed by atoms with Crippen LogP contribution in [0.3, 0.4) is 0 Å².